The van der Waals surface area contributed by atoms with Gasteiger partial charge in [-0.05, 0) is 70.6 Å². The van der Waals surface area contributed by atoms with Crippen LogP contribution in [0.1, 0.15) is 57.2 Å². The molecule has 0 saturated heterocycles. The number of rotatable bonds is 8. The van der Waals surface area contributed by atoms with Gasteiger partial charge in [0.15, 0.2) is 0 Å². The first-order valence-electron chi connectivity index (χ1n) is 12.0. The molecule has 1 aliphatic carbocycles. The Morgan fingerprint density at radius 2 is 2.09 bits per heavy atom. The molecule has 1 heterocycles. The molecule has 1 amide bonds. The Bertz CT molecular complexity index is 1000. The quantitative estimate of drug-likeness (QED) is 0.451. The SMILES string of the molecule is C[C@H](Cc1cc(C#N)c2c(c1)CCN2CCCOC(=O)C1C=CC=CC1)NC(=O)OC(C)(C)C. The minimum absolute atomic E-state index is 0.124. The van der Waals surface area contributed by atoms with Gasteiger partial charge in [0, 0.05) is 19.1 Å². The number of nitrogens with zero attached hydrogens (tertiary/aromatic N) is 2. The second-order valence-corrected chi connectivity index (χ2v) is 9.93. The van der Waals surface area contributed by atoms with Gasteiger partial charge in [-0.3, -0.25) is 4.79 Å². The molecule has 0 aromatic heterocycles. The smallest absolute Gasteiger partial charge is 0.407 e. The molecule has 1 aromatic carbocycles. The Morgan fingerprint density at radius 1 is 1.29 bits per heavy atom. The summed E-state index contributed by atoms with van der Waals surface area (Å²) in [7, 11) is 0. The van der Waals surface area contributed by atoms with E-state index in [1.807, 2.05) is 58.1 Å². The van der Waals surface area contributed by atoms with Crippen molar-refractivity contribution < 1.29 is 19.1 Å². The first kappa shape index (κ1) is 25.4. The minimum Gasteiger partial charge on any atom is -0.465 e. The van der Waals surface area contributed by atoms with Crippen LogP contribution in [0.25, 0.3) is 0 Å². The fourth-order valence-electron chi connectivity index (χ4n) is 4.32. The van der Waals surface area contributed by atoms with Crippen LogP contribution in [0, 0.1) is 17.2 Å². The number of anilines is 1. The number of amides is 1. The van der Waals surface area contributed by atoms with Gasteiger partial charge in [0.1, 0.15) is 11.7 Å². The maximum Gasteiger partial charge on any atom is 0.407 e. The first-order valence-corrected chi connectivity index (χ1v) is 12.0. The zero-order valence-electron chi connectivity index (χ0n) is 20.6. The Morgan fingerprint density at radius 3 is 2.76 bits per heavy atom. The molecule has 3 rings (SSSR count). The summed E-state index contributed by atoms with van der Waals surface area (Å²) in [6.07, 6.45) is 10.1. The van der Waals surface area contributed by atoms with Crippen molar-refractivity contribution in [2.75, 3.05) is 24.6 Å². The molecule has 7 nitrogen and oxygen atoms in total. The molecule has 1 unspecified atom stereocenters. The summed E-state index contributed by atoms with van der Waals surface area (Å²) in [4.78, 5) is 26.4. The molecule has 34 heavy (non-hydrogen) atoms. The first-order chi connectivity index (χ1) is 16.2. The molecular weight excluding hydrogens is 430 g/mol. The van der Waals surface area contributed by atoms with Gasteiger partial charge in [0.2, 0.25) is 0 Å². The lowest BCUT2D eigenvalue weighted by Crippen LogP contribution is -2.38. The molecule has 0 bridgehead atoms. The molecular formula is C27H35N3O4. The van der Waals surface area contributed by atoms with Gasteiger partial charge in [0.05, 0.1) is 23.8 Å². The van der Waals surface area contributed by atoms with Crippen LogP contribution in [-0.2, 0) is 27.1 Å². The normalized spacial score (nSPS) is 17.6. The van der Waals surface area contributed by atoms with Crippen molar-refractivity contribution in [1.29, 1.82) is 5.26 Å². The van der Waals surface area contributed by atoms with Crippen LogP contribution in [0.15, 0.2) is 36.4 Å². The standard InChI is InChI=1S/C27H35N3O4/c1-19(29-26(32)34-27(2,3)4)15-20-16-22-11-13-30(24(22)23(17-20)18-28)12-8-14-33-25(31)21-9-6-5-7-10-21/h5-7,9,16-17,19,21H,8,10-15H2,1-4H3,(H,29,32)/t19-,21?/m1/s1. The lowest BCUT2D eigenvalue weighted by atomic mass is 9.99. The van der Waals surface area contributed by atoms with Crippen LogP contribution in [-0.4, -0.2) is 43.4 Å². The lowest BCUT2D eigenvalue weighted by molar-refractivity contribution is -0.146. The van der Waals surface area contributed by atoms with Crippen molar-refractivity contribution >= 4 is 17.7 Å². The number of benzene rings is 1. The summed E-state index contributed by atoms with van der Waals surface area (Å²) in [5.74, 6) is -0.368. The van der Waals surface area contributed by atoms with Crippen molar-refractivity contribution in [3.05, 3.63) is 53.1 Å². The van der Waals surface area contributed by atoms with Crippen LogP contribution >= 0.6 is 0 Å². The van der Waals surface area contributed by atoms with Crippen molar-refractivity contribution in [2.24, 2.45) is 5.92 Å². The van der Waals surface area contributed by atoms with E-state index in [1.165, 1.54) is 0 Å². The number of carbonyl (C=O) groups excluding carboxylic acids is 2. The summed E-state index contributed by atoms with van der Waals surface area (Å²) in [5.41, 5.74) is 3.24. The number of esters is 1. The van der Waals surface area contributed by atoms with Gasteiger partial charge in [-0.2, -0.15) is 5.26 Å². The van der Waals surface area contributed by atoms with E-state index in [0.29, 0.717) is 31.4 Å². The molecule has 2 aliphatic rings. The van der Waals surface area contributed by atoms with Crippen molar-refractivity contribution in [2.45, 2.75) is 65.0 Å². The highest BCUT2D eigenvalue weighted by molar-refractivity contribution is 5.75. The van der Waals surface area contributed by atoms with E-state index in [-0.39, 0.29) is 17.9 Å². The summed E-state index contributed by atoms with van der Waals surface area (Å²) in [6.45, 7) is 9.35. The van der Waals surface area contributed by atoms with Crippen LogP contribution in [0.2, 0.25) is 0 Å². The average molecular weight is 466 g/mol. The number of carbonyl (C=O) groups is 2. The van der Waals surface area contributed by atoms with Gasteiger partial charge in [-0.15, -0.1) is 0 Å². The molecule has 0 spiro atoms. The Hall–Kier alpha value is -3.27. The monoisotopic (exact) mass is 465 g/mol. The summed E-state index contributed by atoms with van der Waals surface area (Å²) in [6, 6.07) is 6.26. The van der Waals surface area contributed by atoms with Gasteiger partial charge in [-0.1, -0.05) is 30.4 Å². The zero-order chi connectivity index (χ0) is 24.7. The van der Waals surface area contributed by atoms with Crippen LogP contribution < -0.4 is 10.2 Å². The lowest BCUT2D eigenvalue weighted by Gasteiger charge is -2.23. The van der Waals surface area contributed by atoms with E-state index in [9.17, 15) is 14.9 Å². The predicted molar refractivity (Wildman–Crippen MR) is 132 cm³/mol. The van der Waals surface area contributed by atoms with Gasteiger partial charge >= 0.3 is 12.1 Å². The number of hydrogen-bond donors (Lipinski definition) is 1. The number of allylic oxidation sites excluding steroid dienone is 3. The topological polar surface area (TPSA) is 91.7 Å². The molecule has 7 heteroatoms. The second kappa shape index (κ2) is 11.2. The maximum atomic E-state index is 12.2. The Labute approximate surface area is 202 Å². The Kier molecular flexibility index (Phi) is 8.38. The number of nitriles is 1. The van der Waals surface area contributed by atoms with Gasteiger partial charge in [-0.25, -0.2) is 4.79 Å². The Balaban J connectivity index is 1.53. The third-order valence-corrected chi connectivity index (χ3v) is 5.74. The number of nitrogens with one attached hydrogen (secondary N) is 1. The molecule has 1 aromatic rings. The fourth-order valence-corrected chi connectivity index (χ4v) is 4.32. The van der Waals surface area contributed by atoms with Gasteiger partial charge < -0.3 is 19.7 Å². The predicted octanol–water partition coefficient (Wildman–Crippen LogP) is 4.44. The van der Waals surface area contributed by atoms with Crippen molar-refractivity contribution in [1.82, 2.24) is 5.32 Å². The van der Waals surface area contributed by atoms with E-state index in [0.717, 1.165) is 36.3 Å². The van der Waals surface area contributed by atoms with Crippen molar-refractivity contribution in [3.63, 3.8) is 0 Å². The van der Waals surface area contributed by atoms with Crippen molar-refractivity contribution in [3.8, 4) is 6.07 Å². The van der Waals surface area contributed by atoms with Crippen LogP contribution in [0.4, 0.5) is 10.5 Å². The molecule has 0 radical (unpaired) electrons. The highest BCUT2D eigenvalue weighted by Crippen LogP contribution is 2.33. The van der Waals surface area contributed by atoms with Crippen LogP contribution in [0.3, 0.4) is 0 Å². The fraction of sp³-hybridized carbons (Fsp3) is 0.519. The highest BCUT2D eigenvalue weighted by atomic mass is 16.6. The third kappa shape index (κ3) is 7.11. The third-order valence-electron chi connectivity index (χ3n) is 5.74. The molecule has 1 aliphatic heterocycles. The van der Waals surface area contributed by atoms with E-state index >= 15 is 0 Å². The molecule has 2 atom stereocenters. The summed E-state index contributed by atoms with van der Waals surface area (Å²) in [5, 5.41) is 12.7. The van der Waals surface area contributed by atoms with Crippen LogP contribution in [0.5, 0.6) is 0 Å². The van der Waals surface area contributed by atoms with Gasteiger partial charge in [0.25, 0.3) is 0 Å². The van der Waals surface area contributed by atoms with E-state index < -0.39 is 11.7 Å². The number of fused-ring (bicyclic) bond motifs is 1. The molecule has 0 saturated carbocycles. The zero-order valence-corrected chi connectivity index (χ0v) is 20.6. The molecule has 1 N–H and O–H groups in total. The summed E-state index contributed by atoms with van der Waals surface area (Å²) >= 11 is 0. The highest BCUT2D eigenvalue weighted by Gasteiger charge is 2.25. The van der Waals surface area contributed by atoms with E-state index in [1.54, 1.807) is 0 Å². The number of alkyl carbamates (subject to hydrolysis) is 1. The van der Waals surface area contributed by atoms with E-state index in [2.05, 4.69) is 22.4 Å². The summed E-state index contributed by atoms with van der Waals surface area (Å²) < 4.78 is 10.8. The maximum absolute atomic E-state index is 12.2. The minimum atomic E-state index is -0.544. The molecule has 182 valence electrons. The number of hydrogen-bond acceptors (Lipinski definition) is 6. The second-order valence-electron chi connectivity index (χ2n) is 9.93. The van der Waals surface area contributed by atoms with E-state index in [4.69, 9.17) is 9.47 Å². The largest absolute Gasteiger partial charge is 0.465 e. The average Bonchev–Trinajstić information content (AvgIpc) is 3.18. The molecule has 0 fully saturated rings. The number of ether oxygens (including phenoxy) is 2.